The van der Waals surface area contributed by atoms with Gasteiger partial charge in [0.2, 0.25) is 0 Å². The van der Waals surface area contributed by atoms with Crippen molar-refractivity contribution in [3.8, 4) is 11.1 Å². The van der Waals surface area contributed by atoms with Crippen LogP contribution < -0.4 is 5.32 Å². The van der Waals surface area contributed by atoms with Crippen LogP contribution in [0.5, 0.6) is 0 Å². The minimum atomic E-state index is -0.418. The minimum absolute atomic E-state index is 0.0443. The third-order valence-corrected chi connectivity index (χ3v) is 11.1. The fourth-order valence-electron chi connectivity index (χ4n) is 7.40. The summed E-state index contributed by atoms with van der Waals surface area (Å²) in [6, 6.07) is 16.6. The monoisotopic (exact) mass is 1010 g/mol. The summed E-state index contributed by atoms with van der Waals surface area (Å²) in [5.41, 5.74) is 4.80. The van der Waals surface area contributed by atoms with E-state index in [4.69, 9.17) is 66.3 Å². The molecule has 0 saturated heterocycles. The molecule has 0 fully saturated rings. The Labute approximate surface area is 424 Å². The number of alkyl carbamates (subject to hydrolysis) is 1. The van der Waals surface area contributed by atoms with E-state index in [-0.39, 0.29) is 18.5 Å². The molecule has 71 heavy (non-hydrogen) atoms. The molecule has 0 unspecified atom stereocenters. The van der Waals surface area contributed by atoms with E-state index in [1.165, 1.54) is 67.2 Å². The Morgan fingerprint density at radius 1 is 0.380 bits per heavy atom. The molecule has 17 heteroatoms. The lowest BCUT2D eigenvalue weighted by Crippen LogP contribution is -2.27. The van der Waals surface area contributed by atoms with Crippen molar-refractivity contribution < 1.29 is 75.9 Å². The van der Waals surface area contributed by atoms with Crippen molar-refractivity contribution in [1.29, 1.82) is 0 Å². The van der Waals surface area contributed by atoms with Crippen LogP contribution in [0.25, 0.3) is 11.1 Å². The molecule has 0 atom stereocenters. The van der Waals surface area contributed by atoms with Gasteiger partial charge in [-0.2, -0.15) is 0 Å². The van der Waals surface area contributed by atoms with Gasteiger partial charge in [-0.05, 0) is 35.1 Å². The number of hydrogen-bond donors (Lipinski definition) is 1. The molecule has 0 bridgehead atoms. The van der Waals surface area contributed by atoms with Crippen LogP contribution in [0.1, 0.15) is 94.6 Å². The summed E-state index contributed by atoms with van der Waals surface area (Å²) in [4.78, 5) is 24.1. The lowest BCUT2D eigenvalue weighted by Gasteiger charge is -2.14. The highest BCUT2D eigenvalue weighted by Crippen LogP contribution is 2.44. The van der Waals surface area contributed by atoms with Crippen molar-refractivity contribution >= 4 is 12.1 Å². The van der Waals surface area contributed by atoms with Crippen molar-refractivity contribution in [1.82, 2.24) is 5.32 Å². The molecule has 2 aromatic rings. The molecule has 1 aliphatic rings. The molecule has 0 aliphatic heterocycles. The number of rotatable bonds is 52. The van der Waals surface area contributed by atoms with Gasteiger partial charge in [-0.3, -0.25) is 4.79 Å². The zero-order valence-electron chi connectivity index (χ0n) is 43.1. The predicted molar refractivity (Wildman–Crippen MR) is 270 cm³/mol. The predicted octanol–water partition coefficient (Wildman–Crippen LogP) is 7.58. The number of hydrogen-bond acceptors (Lipinski definition) is 16. The summed E-state index contributed by atoms with van der Waals surface area (Å²) >= 11 is 0. The van der Waals surface area contributed by atoms with E-state index in [2.05, 4.69) is 36.5 Å². The van der Waals surface area contributed by atoms with Crippen molar-refractivity contribution in [3.63, 3.8) is 0 Å². The maximum Gasteiger partial charge on any atom is 0.407 e. The van der Waals surface area contributed by atoms with Crippen molar-refractivity contribution in [2.45, 2.75) is 83.5 Å². The summed E-state index contributed by atoms with van der Waals surface area (Å²) in [7, 11) is 0. The minimum Gasteiger partial charge on any atom is -0.463 e. The normalized spacial score (nSPS) is 12.1. The number of ether oxygens (including phenoxy) is 14. The van der Waals surface area contributed by atoms with Gasteiger partial charge in [-0.1, -0.05) is 107 Å². The molecule has 0 radical (unpaired) electrons. The standard InChI is InChI=1S/C54H89NO16/c1-2-3-4-5-6-7-8-9-10-20-53(56)70-46-45-69-44-43-68-42-41-67-40-39-66-38-37-65-36-35-64-34-33-63-32-31-62-30-29-61-28-27-60-26-25-59-24-23-58-22-15-21-55-54(57)71-47-52-50-18-13-11-16-48(50)49-17-12-14-19-51(49)52/h11-14,16-19,52H,2-10,15,20-47H2,1H3,(H,55,57). The molecule has 406 valence electrons. The van der Waals surface area contributed by atoms with Crippen LogP contribution in [-0.4, -0.2) is 190 Å². The Balaban J connectivity index is 0.894. The van der Waals surface area contributed by atoms with E-state index in [0.717, 1.165) is 12.8 Å². The van der Waals surface area contributed by atoms with E-state index in [0.29, 0.717) is 185 Å². The third kappa shape index (κ3) is 33.9. The summed E-state index contributed by atoms with van der Waals surface area (Å²) < 4.78 is 77.1. The molecular weight excluding hydrogens is 919 g/mol. The van der Waals surface area contributed by atoms with E-state index >= 15 is 0 Å². The zero-order valence-corrected chi connectivity index (χ0v) is 43.1. The molecule has 0 heterocycles. The highest BCUT2D eigenvalue weighted by molar-refractivity contribution is 5.79. The smallest absolute Gasteiger partial charge is 0.407 e. The number of amides is 1. The Kier molecular flexibility index (Phi) is 40.6. The van der Waals surface area contributed by atoms with Crippen LogP contribution in [0.15, 0.2) is 48.5 Å². The lowest BCUT2D eigenvalue weighted by molar-refractivity contribution is -0.145. The van der Waals surface area contributed by atoms with E-state index < -0.39 is 6.09 Å². The van der Waals surface area contributed by atoms with Gasteiger partial charge in [0.25, 0.3) is 0 Å². The van der Waals surface area contributed by atoms with Gasteiger partial charge >= 0.3 is 12.1 Å². The number of benzene rings is 2. The van der Waals surface area contributed by atoms with Crippen LogP contribution >= 0.6 is 0 Å². The summed E-state index contributed by atoms with van der Waals surface area (Å²) in [5.74, 6) is -0.0972. The molecule has 2 aromatic carbocycles. The number of nitrogens with one attached hydrogen (secondary N) is 1. The molecule has 3 rings (SSSR count). The van der Waals surface area contributed by atoms with Gasteiger partial charge < -0.3 is 71.6 Å². The molecule has 1 amide bonds. The maximum atomic E-state index is 12.3. The molecule has 17 nitrogen and oxygen atoms in total. The number of carbonyl (C=O) groups excluding carboxylic acids is 2. The van der Waals surface area contributed by atoms with Gasteiger partial charge in [0.15, 0.2) is 0 Å². The van der Waals surface area contributed by atoms with Gasteiger partial charge in [0.05, 0.1) is 152 Å². The summed E-state index contributed by atoms with van der Waals surface area (Å²) in [6.45, 7) is 14.7. The summed E-state index contributed by atoms with van der Waals surface area (Å²) in [6.07, 6.45) is 11.8. The average molecular weight is 1010 g/mol. The molecular formula is C54H89NO16. The second-order valence-electron chi connectivity index (χ2n) is 16.8. The van der Waals surface area contributed by atoms with Crippen LogP contribution in [0, 0.1) is 0 Å². The SMILES string of the molecule is CCCCCCCCCCCC(=O)OCCOCCOCCOCCOCCOCCOCCOCCOCCOCCOCCOCCOCCCNC(=O)OCC1c2ccccc2-c2ccccc21. The molecule has 0 spiro atoms. The van der Waals surface area contributed by atoms with Crippen molar-refractivity contribution in [3.05, 3.63) is 59.7 Å². The van der Waals surface area contributed by atoms with Gasteiger partial charge in [-0.25, -0.2) is 4.79 Å². The first-order chi connectivity index (χ1) is 35.2. The van der Waals surface area contributed by atoms with Crippen molar-refractivity contribution in [2.75, 3.05) is 178 Å². The largest absolute Gasteiger partial charge is 0.463 e. The summed E-state index contributed by atoms with van der Waals surface area (Å²) in [5, 5.41) is 2.81. The van der Waals surface area contributed by atoms with E-state index in [1.807, 2.05) is 24.3 Å². The second-order valence-corrected chi connectivity index (χ2v) is 16.8. The second kappa shape index (κ2) is 46.5. The first kappa shape index (κ1) is 62.0. The molecule has 0 saturated carbocycles. The highest BCUT2D eigenvalue weighted by Gasteiger charge is 2.29. The average Bonchev–Trinajstić information content (AvgIpc) is 3.71. The van der Waals surface area contributed by atoms with Crippen LogP contribution in [0.4, 0.5) is 4.79 Å². The van der Waals surface area contributed by atoms with Crippen LogP contribution in [-0.2, 0) is 71.1 Å². The molecule has 1 N–H and O–H groups in total. The van der Waals surface area contributed by atoms with Crippen molar-refractivity contribution in [2.24, 2.45) is 0 Å². The zero-order chi connectivity index (χ0) is 50.2. The Morgan fingerprint density at radius 3 is 1.08 bits per heavy atom. The number of esters is 1. The highest BCUT2D eigenvalue weighted by atomic mass is 16.6. The molecule has 1 aliphatic carbocycles. The van der Waals surface area contributed by atoms with Crippen LogP contribution in [0.3, 0.4) is 0 Å². The number of carbonyl (C=O) groups is 2. The quantitative estimate of drug-likeness (QED) is 0.0507. The molecule has 0 aromatic heterocycles. The number of unbranched alkanes of at least 4 members (excludes halogenated alkanes) is 8. The lowest BCUT2D eigenvalue weighted by atomic mass is 9.98. The van der Waals surface area contributed by atoms with E-state index in [1.54, 1.807) is 0 Å². The fourth-order valence-corrected chi connectivity index (χ4v) is 7.40. The Morgan fingerprint density at radius 2 is 0.704 bits per heavy atom. The first-order valence-corrected chi connectivity index (χ1v) is 26.4. The Bertz CT molecular complexity index is 1490. The van der Waals surface area contributed by atoms with Gasteiger partial charge in [-0.15, -0.1) is 0 Å². The number of fused-ring (bicyclic) bond motifs is 3. The van der Waals surface area contributed by atoms with Gasteiger partial charge in [0, 0.05) is 25.5 Å². The van der Waals surface area contributed by atoms with Crippen LogP contribution in [0.2, 0.25) is 0 Å². The first-order valence-electron chi connectivity index (χ1n) is 26.4. The maximum absolute atomic E-state index is 12.3. The fraction of sp³-hybridized carbons (Fsp3) is 0.741. The topological polar surface area (TPSA) is 175 Å². The van der Waals surface area contributed by atoms with Gasteiger partial charge in [0.1, 0.15) is 13.2 Å². The van der Waals surface area contributed by atoms with E-state index in [9.17, 15) is 9.59 Å². The Hall–Kier alpha value is -3.30. The third-order valence-electron chi connectivity index (χ3n) is 11.1.